The van der Waals surface area contributed by atoms with Crippen LogP contribution in [0.1, 0.15) is 40.0 Å². The van der Waals surface area contributed by atoms with Crippen molar-refractivity contribution in [3.05, 3.63) is 0 Å². The molecule has 0 bridgehead atoms. The van der Waals surface area contributed by atoms with E-state index in [1.54, 1.807) is 6.92 Å². The Morgan fingerprint density at radius 3 is 2.62 bits per heavy atom. The second-order valence-electron chi connectivity index (χ2n) is 4.46. The topological polar surface area (TPSA) is 55.1 Å². The van der Waals surface area contributed by atoms with Crippen molar-refractivity contribution in [1.29, 1.82) is 0 Å². The predicted octanol–water partition coefficient (Wildman–Crippen LogP) is 1.53. The number of nitrogens with one attached hydrogen (secondary N) is 1. The molecule has 0 fully saturated rings. The molecule has 0 aliphatic heterocycles. The normalized spacial score (nSPS) is 11.8. The molecule has 0 aromatic heterocycles. The van der Waals surface area contributed by atoms with E-state index >= 15 is 0 Å². The largest absolute Gasteiger partial charge is 0.355 e. The van der Waals surface area contributed by atoms with E-state index in [1.165, 1.54) is 0 Å². The molecular weight excluding hydrogens is 200 g/mol. The van der Waals surface area contributed by atoms with Crippen LogP contribution in [-0.4, -0.2) is 19.0 Å². The van der Waals surface area contributed by atoms with Crippen LogP contribution in [0.15, 0.2) is 0 Å². The Bertz CT molecular complexity index is 250. The first-order valence-electron chi connectivity index (χ1n) is 5.96. The zero-order valence-electron chi connectivity index (χ0n) is 10.7. The van der Waals surface area contributed by atoms with Gasteiger partial charge in [0, 0.05) is 19.4 Å². The van der Waals surface area contributed by atoms with Gasteiger partial charge < -0.3 is 11.1 Å². The molecule has 0 saturated carbocycles. The van der Waals surface area contributed by atoms with Crippen molar-refractivity contribution in [3.63, 3.8) is 0 Å². The molecular formula is C13H24N2O. The van der Waals surface area contributed by atoms with Crippen LogP contribution in [-0.2, 0) is 4.79 Å². The van der Waals surface area contributed by atoms with Crippen LogP contribution in [0.25, 0.3) is 0 Å². The fraction of sp³-hybridized carbons (Fsp3) is 0.769. The lowest BCUT2D eigenvalue weighted by molar-refractivity contribution is -0.122. The zero-order chi connectivity index (χ0) is 12.4. The van der Waals surface area contributed by atoms with Crippen molar-refractivity contribution in [2.45, 2.75) is 40.0 Å². The number of rotatable bonds is 7. The minimum Gasteiger partial charge on any atom is -0.355 e. The van der Waals surface area contributed by atoms with Gasteiger partial charge in [-0.2, -0.15) is 0 Å². The highest BCUT2D eigenvalue weighted by Crippen LogP contribution is 2.13. The third-order valence-electron chi connectivity index (χ3n) is 2.36. The number of amides is 1. The molecule has 0 aliphatic carbocycles. The van der Waals surface area contributed by atoms with Crippen LogP contribution < -0.4 is 11.1 Å². The van der Waals surface area contributed by atoms with Crippen LogP contribution in [0.4, 0.5) is 0 Å². The maximum atomic E-state index is 11.5. The van der Waals surface area contributed by atoms with E-state index in [0.717, 1.165) is 12.8 Å². The standard InChI is InChI=1S/C13H24N2O/c1-4-5-6-7-15-13(16)9-12(10-14)8-11(2)3/h11-12H,6-10,14H2,1-3H3,(H,15,16). The number of carbonyl (C=O) groups excluding carboxylic acids is 1. The average molecular weight is 224 g/mol. The van der Waals surface area contributed by atoms with Gasteiger partial charge >= 0.3 is 0 Å². The van der Waals surface area contributed by atoms with Gasteiger partial charge in [0.25, 0.3) is 0 Å². The summed E-state index contributed by atoms with van der Waals surface area (Å²) in [6, 6.07) is 0. The van der Waals surface area contributed by atoms with Crippen LogP contribution in [0.3, 0.4) is 0 Å². The maximum absolute atomic E-state index is 11.5. The van der Waals surface area contributed by atoms with Crippen molar-refractivity contribution in [2.24, 2.45) is 17.6 Å². The van der Waals surface area contributed by atoms with Crippen LogP contribution in [0.5, 0.6) is 0 Å². The third-order valence-corrected chi connectivity index (χ3v) is 2.36. The molecule has 0 aromatic rings. The molecule has 16 heavy (non-hydrogen) atoms. The molecule has 3 nitrogen and oxygen atoms in total. The van der Waals surface area contributed by atoms with Gasteiger partial charge in [-0.3, -0.25) is 4.79 Å². The Kier molecular flexibility index (Phi) is 8.65. The van der Waals surface area contributed by atoms with E-state index < -0.39 is 0 Å². The Balaban J connectivity index is 3.76. The minimum absolute atomic E-state index is 0.0917. The third kappa shape index (κ3) is 8.31. The number of nitrogens with two attached hydrogens (primary N) is 1. The fourth-order valence-corrected chi connectivity index (χ4v) is 1.65. The summed E-state index contributed by atoms with van der Waals surface area (Å²) < 4.78 is 0. The molecule has 0 aliphatic rings. The number of hydrogen-bond acceptors (Lipinski definition) is 2. The monoisotopic (exact) mass is 224 g/mol. The Labute approximate surface area is 99.2 Å². The lowest BCUT2D eigenvalue weighted by Gasteiger charge is -2.16. The van der Waals surface area contributed by atoms with Gasteiger partial charge in [0.05, 0.1) is 0 Å². The second-order valence-corrected chi connectivity index (χ2v) is 4.46. The van der Waals surface area contributed by atoms with Crippen LogP contribution >= 0.6 is 0 Å². The number of carbonyl (C=O) groups is 1. The summed E-state index contributed by atoms with van der Waals surface area (Å²) in [5, 5.41) is 2.86. The molecule has 3 heteroatoms. The van der Waals surface area contributed by atoms with E-state index in [2.05, 4.69) is 31.0 Å². The van der Waals surface area contributed by atoms with Crippen molar-refractivity contribution in [3.8, 4) is 11.8 Å². The van der Waals surface area contributed by atoms with Gasteiger partial charge in [-0.25, -0.2) is 0 Å². The van der Waals surface area contributed by atoms with Crippen molar-refractivity contribution >= 4 is 5.91 Å². The summed E-state index contributed by atoms with van der Waals surface area (Å²) in [7, 11) is 0. The highest BCUT2D eigenvalue weighted by Gasteiger charge is 2.13. The highest BCUT2D eigenvalue weighted by molar-refractivity contribution is 5.76. The molecule has 3 N–H and O–H groups in total. The summed E-state index contributed by atoms with van der Waals surface area (Å²) >= 11 is 0. The molecule has 0 radical (unpaired) electrons. The highest BCUT2D eigenvalue weighted by atomic mass is 16.1. The summed E-state index contributed by atoms with van der Waals surface area (Å²) in [5.74, 6) is 6.70. The molecule has 1 unspecified atom stereocenters. The molecule has 0 aromatic carbocycles. The van der Waals surface area contributed by atoms with E-state index in [-0.39, 0.29) is 5.91 Å². The molecule has 1 atom stereocenters. The average Bonchev–Trinajstić information content (AvgIpc) is 2.23. The first-order valence-corrected chi connectivity index (χ1v) is 5.96. The lowest BCUT2D eigenvalue weighted by atomic mass is 9.94. The van der Waals surface area contributed by atoms with E-state index in [4.69, 9.17) is 5.73 Å². The van der Waals surface area contributed by atoms with Gasteiger partial charge in [0.2, 0.25) is 5.91 Å². The molecule has 0 rings (SSSR count). The molecule has 0 spiro atoms. The quantitative estimate of drug-likeness (QED) is 0.509. The van der Waals surface area contributed by atoms with Gasteiger partial charge in [0.15, 0.2) is 0 Å². The smallest absolute Gasteiger partial charge is 0.220 e. The van der Waals surface area contributed by atoms with Gasteiger partial charge in [-0.05, 0) is 31.7 Å². The van der Waals surface area contributed by atoms with Crippen molar-refractivity contribution in [2.75, 3.05) is 13.1 Å². The van der Waals surface area contributed by atoms with Gasteiger partial charge in [-0.15, -0.1) is 11.8 Å². The van der Waals surface area contributed by atoms with E-state index in [1.807, 2.05) is 0 Å². The summed E-state index contributed by atoms with van der Waals surface area (Å²) in [4.78, 5) is 11.5. The fourth-order valence-electron chi connectivity index (χ4n) is 1.65. The van der Waals surface area contributed by atoms with Crippen LogP contribution in [0, 0.1) is 23.7 Å². The van der Waals surface area contributed by atoms with Crippen molar-refractivity contribution in [1.82, 2.24) is 5.32 Å². The Morgan fingerprint density at radius 1 is 1.44 bits per heavy atom. The molecule has 1 amide bonds. The number of hydrogen-bond donors (Lipinski definition) is 2. The van der Waals surface area contributed by atoms with Gasteiger partial charge in [0.1, 0.15) is 0 Å². The van der Waals surface area contributed by atoms with Crippen LogP contribution in [0.2, 0.25) is 0 Å². The lowest BCUT2D eigenvalue weighted by Crippen LogP contribution is -2.29. The summed E-state index contributed by atoms with van der Waals surface area (Å²) in [5.41, 5.74) is 5.64. The predicted molar refractivity (Wildman–Crippen MR) is 67.7 cm³/mol. The summed E-state index contributed by atoms with van der Waals surface area (Å²) in [6.07, 6.45) is 2.27. The second kappa shape index (κ2) is 9.23. The van der Waals surface area contributed by atoms with E-state index in [0.29, 0.717) is 31.3 Å². The SMILES string of the molecule is CC#CCCNC(=O)CC(CN)CC(C)C. The molecule has 92 valence electrons. The summed E-state index contributed by atoms with van der Waals surface area (Å²) in [6.45, 7) is 7.32. The first-order chi connectivity index (χ1) is 7.60. The Hall–Kier alpha value is -1.01. The van der Waals surface area contributed by atoms with Crippen molar-refractivity contribution < 1.29 is 4.79 Å². The zero-order valence-corrected chi connectivity index (χ0v) is 10.7. The first kappa shape index (κ1) is 15.0. The molecule has 0 saturated heterocycles. The Morgan fingerprint density at radius 2 is 2.12 bits per heavy atom. The van der Waals surface area contributed by atoms with E-state index in [9.17, 15) is 4.79 Å². The molecule has 0 heterocycles. The minimum atomic E-state index is 0.0917. The van der Waals surface area contributed by atoms with Gasteiger partial charge in [-0.1, -0.05) is 13.8 Å². The maximum Gasteiger partial charge on any atom is 0.220 e.